The molecule has 2 saturated heterocycles. The first kappa shape index (κ1) is 21.2. The Labute approximate surface area is 173 Å². The molecule has 2 aliphatic heterocycles. The average Bonchev–Trinajstić information content (AvgIpc) is 3.39. The van der Waals surface area contributed by atoms with Crippen LogP contribution >= 0.6 is 0 Å². The maximum atomic E-state index is 13.0. The van der Waals surface area contributed by atoms with Crippen LogP contribution in [0.1, 0.15) is 30.4 Å². The van der Waals surface area contributed by atoms with Gasteiger partial charge in [0.25, 0.3) is 0 Å². The van der Waals surface area contributed by atoms with Crippen molar-refractivity contribution < 1.29 is 27.9 Å². The van der Waals surface area contributed by atoms with Gasteiger partial charge in [-0.1, -0.05) is 6.07 Å². The summed E-state index contributed by atoms with van der Waals surface area (Å²) in [6, 6.07) is 5.60. The highest BCUT2D eigenvalue weighted by atomic mass is 32.2. The Kier molecular flexibility index (Phi) is 6.88. The zero-order valence-corrected chi connectivity index (χ0v) is 17.8. The number of benzene rings is 1. The minimum Gasteiger partial charge on any atom is -0.385 e. The molecule has 0 spiro atoms. The molecular formula is C21H33N2O5S+. The van der Waals surface area contributed by atoms with Gasteiger partial charge in [-0.15, -0.1) is 0 Å². The van der Waals surface area contributed by atoms with Crippen LogP contribution < -0.4 is 4.90 Å². The van der Waals surface area contributed by atoms with Crippen molar-refractivity contribution >= 4 is 10.0 Å². The molecule has 7 nitrogen and oxygen atoms in total. The van der Waals surface area contributed by atoms with Crippen LogP contribution in [0.15, 0.2) is 23.1 Å². The van der Waals surface area contributed by atoms with Gasteiger partial charge >= 0.3 is 0 Å². The Morgan fingerprint density at radius 3 is 2.76 bits per heavy atom. The number of ether oxygens (including phenoxy) is 2. The number of rotatable bonds is 8. The van der Waals surface area contributed by atoms with Crippen LogP contribution in [0.3, 0.4) is 0 Å². The van der Waals surface area contributed by atoms with Gasteiger partial charge in [0.2, 0.25) is 10.0 Å². The first-order valence-electron chi connectivity index (χ1n) is 10.9. The predicted molar refractivity (Wildman–Crippen MR) is 109 cm³/mol. The number of hydrogen-bond donors (Lipinski definition) is 2. The van der Waals surface area contributed by atoms with E-state index in [1.165, 1.54) is 16.0 Å². The van der Waals surface area contributed by atoms with Crippen molar-refractivity contribution in [2.24, 2.45) is 0 Å². The molecule has 2 heterocycles. The summed E-state index contributed by atoms with van der Waals surface area (Å²) in [5.74, 6) is 0. The second-order valence-electron chi connectivity index (χ2n) is 8.47. The molecular weight excluding hydrogens is 392 g/mol. The number of nitrogens with zero attached hydrogens (tertiary/aromatic N) is 1. The molecule has 0 aromatic heterocycles. The van der Waals surface area contributed by atoms with Gasteiger partial charge in [-0.05, 0) is 55.4 Å². The number of piperazine rings is 1. The van der Waals surface area contributed by atoms with E-state index in [-0.39, 0.29) is 6.10 Å². The van der Waals surface area contributed by atoms with Crippen LogP contribution in [0.4, 0.5) is 0 Å². The third kappa shape index (κ3) is 5.18. The molecule has 0 bridgehead atoms. The lowest BCUT2D eigenvalue weighted by molar-refractivity contribution is -0.906. The molecule has 0 unspecified atom stereocenters. The zero-order chi connectivity index (χ0) is 20.3. The largest absolute Gasteiger partial charge is 0.385 e. The van der Waals surface area contributed by atoms with Crippen LogP contribution in [0.2, 0.25) is 0 Å². The highest BCUT2D eigenvalue weighted by molar-refractivity contribution is 7.89. The smallest absolute Gasteiger partial charge is 0.243 e. The van der Waals surface area contributed by atoms with E-state index >= 15 is 0 Å². The summed E-state index contributed by atoms with van der Waals surface area (Å²) < 4.78 is 38.7. The zero-order valence-electron chi connectivity index (χ0n) is 17.0. The van der Waals surface area contributed by atoms with E-state index in [9.17, 15) is 13.5 Å². The van der Waals surface area contributed by atoms with Crippen molar-refractivity contribution in [3.8, 4) is 0 Å². The van der Waals surface area contributed by atoms with Gasteiger partial charge in [0, 0.05) is 6.61 Å². The van der Waals surface area contributed by atoms with E-state index in [2.05, 4.69) is 0 Å². The first-order valence-corrected chi connectivity index (χ1v) is 12.3. The monoisotopic (exact) mass is 425 g/mol. The maximum Gasteiger partial charge on any atom is 0.243 e. The van der Waals surface area contributed by atoms with Crippen molar-refractivity contribution in [3.63, 3.8) is 0 Å². The summed E-state index contributed by atoms with van der Waals surface area (Å²) in [6.07, 6.45) is 4.89. The third-order valence-corrected chi connectivity index (χ3v) is 8.19. The van der Waals surface area contributed by atoms with Gasteiger partial charge < -0.3 is 19.5 Å². The van der Waals surface area contributed by atoms with E-state index in [0.717, 1.165) is 38.7 Å². The van der Waals surface area contributed by atoms with Gasteiger partial charge in [-0.3, -0.25) is 0 Å². The second kappa shape index (κ2) is 9.41. The van der Waals surface area contributed by atoms with Gasteiger partial charge in [-0.25, -0.2) is 8.42 Å². The minimum absolute atomic E-state index is 0.169. The molecule has 8 heteroatoms. The molecule has 3 aliphatic rings. The normalized spacial score (nSPS) is 24.7. The fourth-order valence-corrected chi connectivity index (χ4v) is 6.10. The van der Waals surface area contributed by atoms with Crippen LogP contribution in [0, 0.1) is 0 Å². The number of aryl methyl sites for hydroxylation is 2. The number of aliphatic hydroxyl groups excluding tert-OH is 1. The Bertz CT molecular complexity index is 786. The topological polar surface area (TPSA) is 80.5 Å². The lowest BCUT2D eigenvalue weighted by Crippen LogP contribution is -3.15. The van der Waals surface area contributed by atoms with Gasteiger partial charge in [0.05, 0.1) is 50.4 Å². The van der Waals surface area contributed by atoms with E-state index in [1.54, 1.807) is 10.4 Å². The molecule has 0 saturated carbocycles. The number of fused-ring (bicyclic) bond motifs is 1. The van der Waals surface area contributed by atoms with Crippen LogP contribution in [-0.4, -0.2) is 82.6 Å². The van der Waals surface area contributed by atoms with E-state index in [4.69, 9.17) is 9.47 Å². The van der Waals surface area contributed by atoms with Gasteiger partial charge in [-0.2, -0.15) is 4.31 Å². The first-order chi connectivity index (χ1) is 14.0. The molecule has 29 heavy (non-hydrogen) atoms. The summed E-state index contributed by atoms with van der Waals surface area (Å²) in [6.45, 7) is 4.60. The molecule has 0 amide bonds. The second-order valence-corrected chi connectivity index (χ2v) is 10.4. The highest BCUT2D eigenvalue weighted by Crippen LogP contribution is 2.26. The van der Waals surface area contributed by atoms with Crippen molar-refractivity contribution in [1.82, 2.24) is 4.31 Å². The quantitative estimate of drug-likeness (QED) is 0.594. The maximum absolute atomic E-state index is 13.0. The molecule has 2 atom stereocenters. The Morgan fingerprint density at radius 1 is 1.21 bits per heavy atom. The molecule has 0 radical (unpaired) electrons. The average molecular weight is 426 g/mol. The number of sulfonamides is 1. The SMILES string of the molecule is O=S(=O)(c1ccc2c(c1)CCC2)N1CC[NH+](C[C@H](O)COC[C@@H]2CCCO2)CC1. The predicted octanol–water partition coefficient (Wildman–Crippen LogP) is -0.379. The Morgan fingerprint density at radius 2 is 2.00 bits per heavy atom. The molecule has 1 aliphatic carbocycles. The fourth-order valence-electron chi connectivity index (χ4n) is 4.61. The molecule has 1 aromatic carbocycles. The fraction of sp³-hybridized carbons (Fsp3) is 0.714. The van der Waals surface area contributed by atoms with Gasteiger partial charge in [0.15, 0.2) is 0 Å². The number of nitrogens with one attached hydrogen (secondary N) is 1. The van der Waals surface area contributed by atoms with Crippen molar-refractivity contribution in [3.05, 3.63) is 29.3 Å². The Hall–Kier alpha value is -1.03. The summed E-state index contributed by atoms with van der Waals surface area (Å²) in [7, 11) is -3.44. The molecule has 2 fully saturated rings. The minimum atomic E-state index is -3.44. The van der Waals surface area contributed by atoms with E-state index in [1.807, 2.05) is 12.1 Å². The Balaban J connectivity index is 1.23. The third-order valence-electron chi connectivity index (χ3n) is 6.30. The highest BCUT2D eigenvalue weighted by Gasteiger charge is 2.32. The van der Waals surface area contributed by atoms with Crippen molar-refractivity contribution in [2.75, 3.05) is 52.5 Å². The van der Waals surface area contributed by atoms with Crippen molar-refractivity contribution in [2.45, 2.75) is 49.2 Å². The molecule has 2 N–H and O–H groups in total. The summed E-state index contributed by atoms with van der Waals surface area (Å²) in [4.78, 5) is 1.64. The summed E-state index contributed by atoms with van der Waals surface area (Å²) in [5.41, 5.74) is 2.47. The molecule has 4 rings (SSSR count). The molecule has 1 aromatic rings. The molecule has 162 valence electrons. The number of quaternary nitrogens is 1. The number of aliphatic hydroxyl groups is 1. The van der Waals surface area contributed by atoms with Gasteiger partial charge in [0.1, 0.15) is 12.6 Å². The van der Waals surface area contributed by atoms with E-state index in [0.29, 0.717) is 50.8 Å². The summed E-state index contributed by atoms with van der Waals surface area (Å²) in [5, 5.41) is 10.3. The lowest BCUT2D eigenvalue weighted by Gasteiger charge is -2.32. The van der Waals surface area contributed by atoms with Crippen LogP contribution in [-0.2, 0) is 32.3 Å². The van der Waals surface area contributed by atoms with E-state index < -0.39 is 16.1 Å². The van der Waals surface area contributed by atoms with Crippen molar-refractivity contribution in [1.29, 1.82) is 0 Å². The van der Waals surface area contributed by atoms with Crippen LogP contribution in [0.25, 0.3) is 0 Å². The lowest BCUT2D eigenvalue weighted by atomic mass is 10.1. The number of hydrogen-bond acceptors (Lipinski definition) is 5. The van der Waals surface area contributed by atoms with Crippen LogP contribution in [0.5, 0.6) is 0 Å². The summed E-state index contributed by atoms with van der Waals surface area (Å²) >= 11 is 0. The standard InChI is InChI=1S/C21H32N2O5S/c24-19(15-27-16-20-5-2-12-28-20)14-22-8-10-23(11-9-22)29(25,26)21-7-6-17-3-1-4-18(17)13-21/h6-7,13,19-20,24H,1-5,8-12,14-16H2/p+1/t19-,20-/m0/s1.